The normalized spacial score (nSPS) is 24.5. The molecule has 62 valence electrons. The summed E-state index contributed by atoms with van der Waals surface area (Å²) in [6.07, 6.45) is 5.59. The van der Waals surface area contributed by atoms with Crippen LogP contribution >= 0.6 is 0 Å². The van der Waals surface area contributed by atoms with Gasteiger partial charge in [-0.05, 0) is 32.1 Å². The minimum absolute atomic E-state index is 0.337. The summed E-state index contributed by atoms with van der Waals surface area (Å²) in [6.45, 7) is 2.11. The van der Waals surface area contributed by atoms with E-state index in [-0.39, 0.29) is 0 Å². The van der Waals surface area contributed by atoms with Gasteiger partial charge < -0.3 is 5.11 Å². The fraction of sp³-hybridized carbons (Fsp3) is 0.667. The van der Waals surface area contributed by atoms with Crippen LogP contribution in [0.2, 0.25) is 0 Å². The first-order chi connectivity index (χ1) is 5.18. The summed E-state index contributed by atoms with van der Waals surface area (Å²) in [5.41, 5.74) is 1.41. The van der Waals surface area contributed by atoms with E-state index in [4.69, 9.17) is 5.11 Å². The molecule has 1 aliphatic carbocycles. The molecule has 2 heteroatoms. The van der Waals surface area contributed by atoms with Crippen LogP contribution in [-0.4, -0.2) is 11.1 Å². The van der Waals surface area contributed by atoms with Crippen LogP contribution in [0.25, 0.3) is 0 Å². The first-order valence-electron chi connectivity index (χ1n) is 4.06. The number of carboxylic acids is 1. The molecule has 0 radical (unpaired) electrons. The summed E-state index contributed by atoms with van der Waals surface area (Å²) in [6, 6.07) is 0. The molecule has 11 heavy (non-hydrogen) atoms. The Morgan fingerprint density at radius 3 is 3.00 bits per heavy atom. The number of rotatable bonds is 2. The molecule has 0 aromatic rings. The van der Waals surface area contributed by atoms with E-state index in [0.717, 1.165) is 19.3 Å². The summed E-state index contributed by atoms with van der Waals surface area (Å²) in [4.78, 5) is 10.3. The molecule has 0 saturated heterocycles. The van der Waals surface area contributed by atoms with Crippen molar-refractivity contribution in [2.75, 3.05) is 0 Å². The third kappa shape index (κ3) is 2.74. The summed E-state index contributed by atoms with van der Waals surface area (Å²) in [5.74, 6) is -0.279. The second-order valence-electron chi connectivity index (χ2n) is 3.29. The Bertz CT molecular complexity index is 182. The molecule has 0 unspecified atom stereocenters. The first-order valence-corrected chi connectivity index (χ1v) is 4.06. The lowest BCUT2D eigenvalue weighted by molar-refractivity contribution is -0.138. The van der Waals surface area contributed by atoms with Gasteiger partial charge in [-0.25, -0.2) is 0 Å². The molecular formula is C9H14O2. The smallest absolute Gasteiger partial charge is 0.303 e. The van der Waals surface area contributed by atoms with Crippen molar-refractivity contribution in [3.05, 3.63) is 11.6 Å². The van der Waals surface area contributed by atoms with Gasteiger partial charge in [0.2, 0.25) is 0 Å². The maximum atomic E-state index is 10.3. The van der Waals surface area contributed by atoms with Crippen molar-refractivity contribution in [3.8, 4) is 0 Å². The molecule has 0 aromatic heterocycles. The van der Waals surface area contributed by atoms with Crippen molar-refractivity contribution in [1.29, 1.82) is 0 Å². The highest BCUT2D eigenvalue weighted by Gasteiger charge is 2.15. The van der Waals surface area contributed by atoms with Gasteiger partial charge in [-0.3, -0.25) is 4.79 Å². The van der Waals surface area contributed by atoms with Gasteiger partial charge in [-0.1, -0.05) is 11.6 Å². The van der Waals surface area contributed by atoms with E-state index in [9.17, 15) is 4.79 Å². The zero-order chi connectivity index (χ0) is 8.27. The van der Waals surface area contributed by atoms with Gasteiger partial charge in [0, 0.05) is 6.42 Å². The Morgan fingerprint density at radius 1 is 1.82 bits per heavy atom. The average molecular weight is 154 g/mol. The molecule has 0 fully saturated rings. The van der Waals surface area contributed by atoms with Crippen LogP contribution < -0.4 is 0 Å². The van der Waals surface area contributed by atoms with Crippen LogP contribution in [0.5, 0.6) is 0 Å². The summed E-state index contributed by atoms with van der Waals surface area (Å²) in [5, 5.41) is 8.51. The number of aliphatic carboxylic acids is 1. The van der Waals surface area contributed by atoms with E-state index in [1.807, 2.05) is 0 Å². The van der Waals surface area contributed by atoms with Crippen LogP contribution in [0.1, 0.15) is 32.6 Å². The molecule has 1 N–H and O–H groups in total. The van der Waals surface area contributed by atoms with Crippen molar-refractivity contribution >= 4 is 5.97 Å². The lowest BCUT2D eigenvalue weighted by Gasteiger charge is -2.17. The summed E-state index contributed by atoms with van der Waals surface area (Å²) in [7, 11) is 0. The van der Waals surface area contributed by atoms with E-state index in [2.05, 4.69) is 13.0 Å². The molecule has 0 bridgehead atoms. The lowest BCUT2D eigenvalue weighted by Crippen LogP contribution is -2.10. The quantitative estimate of drug-likeness (QED) is 0.619. The van der Waals surface area contributed by atoms with Gasteiger partial charge in [-0.15, -0.1) is 0 Å². The highest BCUT2D eigenvalue weighted by molar-refractivity contribution is 5.67. The lowest BCUT2D eigenvalue weighted by atomic mass is 9.88. The summed E-state index contributed by atoms with van der Waals surface area (Å²) < 4.78 is 0. The fourth-order valence-electron chi connectivity index (χ4n) is 1.45. The monoisotopic (exact) mass is 154 g/mol. The number of hydrogen-bond acceptors (Lipinski definition) is 1. The number of allylic oxidation sites excluding steroid dienone is 2. The van der Waals surface area contributed by atoms with Crippen LogP contribution in [0.4, 0.5) is 0 Å². The van der Waals surface area contributed by atoms with Crippen LogP contribution in [-0.2, 0) is 4.79 Å². The van der Waals surface area contributed by atoms with Crippen LogP contribution in [0, 0.1) is 5.92 Å². The van der Waals surface area contributed by atoms with Gasteiger partial charge in [0.25, 0.3) is 0 Å². The molecule has 0 heterocycles. The van der Waals surface area contributed by atoms with Crippen molar-refractivity contribution in [2.45, 2.75) is 32.6 Å². The largest absolute Gasteiger partial charge is 0.481 e. The Morgan fingerprint density at radius 2 is 2.55 bits per heavy atom. The van der Waals surface area contributed by atoms with Gasteiger partial charge in [0.05, 0.1) is 0 Å². The van der Waals surface area contributed by atoms with E-state index < -0.39 is 5.97 Å². The number of hydrogen-bond donors (Lipinski definition) is 1. The first kappa shape index (κ1) is 8.31. The molecule has 2 nitrogen and oxygen atoms in total. The zero-order valence-corrected chi connectivity index (χ0v) is 6.84. The molecule has 0 amide bonds. The van der Waals surface area contributed by atoms with Gasteiger partial charge in [0.15, 0.2) is 0 Å². The Hall–Kier alpha value is -0.790. The molecule has 0 spiro atoms. The fourth-order valence-corrected chi connectivity index (χ4v) is 1.45. The summed E-state index contributed by atoms with van der Waals surface area (Å²) >= 11 is 0. The van der Waals surface area contributed by atoms with Crippen molar-refractivity contribution < 1.29 is 9.90 Å². The predicted molar refractivity (Wildman–Crippen MR) is 43.4 cm³/mol. The third-order valence-corrected chi connectivity index (χ3v) is 2.21. The minimum atomic E-state index is -0.664. The van der Waals surface area contributed by atoms with Crippen LogP contribution in [0.15, 0.2) is 11.6 Å². The van der Waals surface area contributed by atoms with E-state index in [0.29, 0.717) is 12.3 Å². The van der Waals surface area contributed by atoms with Gasteiger partial charge >= 0.3 is 5.97 Å². The standard InChI is InChI=1S/C9H14O2/c1-7-2-4-8(5-3-7)6-9(10)11/h2,8H,3-6H2,1H3,(H,10,11)/t8-/m0/s1. The molecule has 0 aliphatic heterocycles. The van der Waals surface area contributed by atoms with Gasteiger partial charge in [-0.2, -0.15) is 0 Å². The third-order valence-electron chi connectivity index (χ3n) is 2.21. The highest BCUT2D eigenvalue weighted by Crippen LogP contribution is 2.25. The molecule has 1 rings (SSSR count). The highest BCUT2D eigenvalue weighted by atomic mass is 16.4. The zero-order valence-electron chi connectivity index (χ0n) is 6.84. The second kappa shape index (κ2) is 3.56. The Balaban J connectivity index is 2.35. The van der Waals surface area contributed by atoms with Crippen molar-refractivity contribution in [3.63, 3.8) is 0 Å². The van der Waals surface area contributed by atoms with Crippen molar-refractivity contribution in [1.82, 2.24) is 0 Å². The van der Waals surface area contributed by atoms with E-state index >= 15 is 0 Å². The van der Waals surface area contributed by atoms with Crippen molar-refractivity contribution in [2.24, 2.45) is 5.92 Å². The number of carboxylic acid groups (broad SMARTS) is 1. The Kier molecular flexibility index (Phi) is 2.69. The Labute approximate surface area is 66.9 Å². The van der Waals surface area contributed by atoms with Gasteiger partial charge in [0.1, 0.15) is 0 Å². The number of carbonyl (C=O) groups is 1. The SMILES string of the molecule is CC1=CC[C@H](CC(=O)O)CC1. The van der Waals surface area contributed by atoms with E-state index in [1.54, 1.807) is 0 Å². The average Bonchev–Trinajstić information content (AvgIpc) is 1.93. The minimum Gasteiger partial charge on any atom is -0.481 e. The molecule has 0 aromatic carbocycles. The van der Waals surface area contributed by atoms with E-state index in [1.165, 1.54) is 5.57 Å². The molecule has 1 aliphatic rings. The maximum absolute atomic E-state index is 10.3. The predicted octanol–water partition coefficient (Wildman–Crippen LogP) is 2.21. The molecular weight excluding hydrogens is 140 g/mol. The molecule has 0 saturated carbocycles. The molecule has 1 atom stereocenters. The second-order valence-corrected chi connectivity index (χ2v) is 3.29. The topological polar surface area (TPSA) is 37.3 Å². The maximum Gasteiger partial charge on any atom is 0.303 e. The van der Waals surface area contributed by atoms with Crippen LogP contribution in [0.3, 0.4) is 0 Å².